The molecule has 1 heterocycles. The van der Waals surface area contributed by atoms with Gasteiger partial charge in [-0.2, -0.15) is 0 Å². The number of benzene rings is 1. The summed E-state index contributed by atoms with van der Waals surface area (Å²) in [5, 5.41) is 0. The molecule has 1 fully saturated rings. The first kappa shape index (κ1) is 15.3. The van der Waals surface area contributed by atoms with E-state index in [1.54, 1.807) is 0 Å². The zero-order valence-corrected chi connectivity index (χ0v) is 13.0. The second kappa shape index (κ2) is 5.34. The van der Waals surface area contributed by atoms with E-state index in [4.69, 9.17) is 9.31 Å². The third-order valence-corrected chi connectivity index (χ3v) is 4.24. The van der Waals surface area contributed by atoms with Crippen molar-refractivity contribution in [2.24, 2.45) is 0 Å². The first-order valence-electron chi connectivity index (χ1n) is 7.24. The smallest absolute Gasteiger partial charge is 0.399 e. The largest absolute Gasteiger partial charge is 0.494 e. The molecule has 1 aliphatic heterocycles. The standard InChI is InChI=1S/C16H23BO3/c1-6-7-12-8-13(11-18)10-14(9-12)17-19-15(2,3)16(4,5)20-17/h8-11H,6-7H2,1-5H3. The number of carbonyl (C=O) groups is 1. The Morgan fingerprint density at radius 2 is 1.70 bits per heavy atom. The fourth-order valence-electron chi connectivity index (χ4n) is 2.36. The van der Waals surface area contributed by atoms with Crippen molar-refractivity contribution >= 4 is 18.9 Å². The molecule has 108 valence electrons. The van der Waals surface area contributed by atoms with E-state index in [0.717, 1.165) is 30.2 Å². The number of hydrogen-bond acceptors (Lipinski definition) is 3. The first-order chi connectivity index (χ1) is 9.29. The summed E-state index contributed by atoms with van der Waals surface area (Å²) >= 11 is 0. The maximum Gasteiger partial charge on any atom is 0.494 e. The molecule has 0 unspecified atom stereocenters. The zero-order chi connectivity index (χ0) is 15.0. The van der Waals surface area contributed by atoms with E-state index in [2.05, 4.69) is 13.0 Å². The molecular formula is C16H23BO3. The van der Waals surface area contributed by atoms with Gasteiger partial charge in [0.15, 0.2) is 0 Å². The Morgan fingerprint density at radius 1 is 1.10 bits per heavy atom. The molecule has 1 aromatic carbocycles. The Balaban J connectivity index is 2.34. The number of carbonyl (C=O) groups excluding carboxylic acids is 1. The highest BCUT2D eigenvalue weighted by atomic mass is 16.7. The lowest BCUT2D eigenvalue weighted by Crippen LogP contribution is -2.41. The van der Waals surface area contributed by atoms with Crippen LogP contribution in [0.3, 0.4) is 0 Å². The molecule has 2 rings (SSSR count). The highest BCUT2D eigenvalue weighted by Gasteiger charge is 2.51. The van der Waals surface area contributed by atoms with Crippen molar-refractivity contribution in [3.63, 3.8) is 0 Å². The summed E-state index contributed by atoms with van der Waals surface area (Å²) in [5.74, 6) is 0. The second-order valence-corrected chi connectivity index (χ2v) is 6.46. The van der Waals surface area contributed by atoms with Gasteiger partial charge in [-0.15, -0.1) is 0 Å². The molecule has 0 atom stereocenters. The second-order valence-electron chi connectivity index (χ2n) is 6.46. The molecule has 0 amide bonds. The Morgan fingerprint density at radius 3 is 2.20 bits per heavy atom. The van der Waals surface area contributed by atoms with Crippen molar-refractivity contribution < 1.29 is 14.1 Å². The lowest BCUT2D eigenvalue weighted by molar-refractivity contribution is 0.00578. The van der Waals surface area contributed by atoms with Crippen LogP contribution in [0.25, 0.3) is 0 Å². The topological polar surface area (TPSA) is 35.5 Å². The molecular weight excluding hydrogens is 251 g/mol. The summed E-state index contributed by atoms with van der Waals surface area (Å²) in [5.41, 5.74) is 2.04. The summed E-state index contributed by atoms with van der Waals surface area (Å²) < 4.78 is 12.1. The SMILES string of the molecule is CCCc1cc(C=O)cc(B2OC(C)(C)C(C)(C)O2)c1. The highest BCUT2D eigenvalue weighted by molar-refractivity contribution is 6.62. The van der Waals surface area contributed by atoms with E-state index in [9.17, 15) is 4.79 Å². The van der Waals surface area contributed by atoms with Crippen LogP contribution in [0.15, 0.2) is 18.2 Å². The van der Waals surface area contributed by atoms with E-state index < -0.39 is 7.12 Å². The Labute approximate surface area is 121 Å². The van der Waals surface area contributed by atoms with Crippen molar-refractivity contribution in [2.75, 3.05) is 0 Å². The van der Waals surface area contributed by atoms with Gasteiger partial charge in [-0.05, 0) is 51.2 Å². The van der Waals surface area contributed by atoms with E-state index >= 15 is 0 Å². The minimum Gasteiger partial charge on any atom is -0.399 e. The molecule has 20 heavy (non-hydrogen) atoms. The van der Waals surface area contributed by atoms with Gasteiger partial charge in [-0.1, -0.05) is 25.5 Å². The van der Waals surface area contributed by atoms with Gasteiger partial charge < -0.3 is 9.31 Å². The van der Waals surface area contributed by atoms with Crippen LogP contribution >= 0.6 is 0 Å². The molecule has 1 aliphatic rings. The number of hydrogen-bond donors (Lipinski definition) is 0. The minimum absolute atomic E-state index is 0.361. The van der Waals surface area contributed by atoms with Crippen LogP contribution < -0.4 is 5.46 Å². The normalized spacial score (nSPS) is 20.1. The van der Waals surface area contributed by atoms with Gasteiger partial charge in [0.25, 0.3) is 0 Å². The summed E-state index contributed by atoms with van der Waals surface area (Å²) in [6.07, 6.45) is 2.88. The summed E-state index contributed by atoms with van der Waals surface area (Å²) in [7, 11) is -0.407. The van der Waals surface area contributed by atoms with Crippen molar-refractivity contribution in [3.05, 3.63) is 29.3 Å². The fraction of sp³-hybridized carbons (Fsp3) is 0.562. The fourth-order valence-corrected chi connectivity index (χ4v) is 2.36. The van der Waals surface area contributed by atoms with Crippen molar-refractivity contribution in [1.82, 2.24) is 0 Å². The zero-order valence-electron chi connectivity index (χ0n) is 13.0. The lowest BCUT2D eigenvalue weighted by Gasteiger charge is -2.32. The molecule has 0 N–H and O–H groups in total. The van der Waals surface area contributed by atoms with E-state index in [-0.39, 0.29) is 11.2 Å². The van der Waals surface area contributed by atoms with E-state index in [1.165, 1.54) is 0 Å². The lowest BCUT2D eigenvalue weighted by atomic mass is 9.77. The monoisotopic (exact) mass is 274 g/mol. The number of aryl methyl sites for hydroxylation is 1. The third-order valence-electron chi connectivity index (χ3n) is 4.24. The van der Waals surface area contributed by atoms with Gasteiger partial charge in [0.2, 0.25) is 0 Å². The van der Waals surface area contributed by atoms with Crippen molar-refractivity contribution in [1.29, 1.82) is 0 Å². The maximum absolute atomic E-state index is 11.1. The molecule has 0 aromatic heterocycles. The molecule has 0 aliphatic carbocycles. The van der Waals surface area contributed by atoms with Gasteiger partial charge in [0.1, 0.15) is 6.29 Å². The Bertz CT molecular complexity index is 492. The van der Waals surface area contributed by atoms with Gasteiger partial charge in [-0.3, -0.25) is 4.79 Å². The summed E-state index contributed by atoms with van der Waals surface area (Å²) in [6, 6.07) is 5.87. The first-order valence-corrected chi connectivity index (χ1v) is 7.24. The van der Waals surface area contributed by atoms with Crippen molar-refractivity contribution in [3.8, 4) is 0 Å². The van der Waals surface area contributed by atoms with Crippen LogP contribution in [-0.2, 0) is 15.7 Å². The van der Waals surface area contributed by atoms with Crippen molar-refractivity contribution in [2.45, 2.75) is 58.7 Å². The summed E-state index contributed by atoms with van der Waals surface area (Å²) in [6.45, 7) is 10.3. The maximum atomic E-state index is 11.1. The average Bonchev–Trinajstić information content (AvgIpc) is 2.58. The molecule has 1 saturated heterocycles. The molecule has 1 aromatic rings. The van der Waals surface area contributed by atoms with E-state index in [1.807, 2.05) is 39.8 Å². The Hall–Kier alpha value is -1.13. The molecule has 0 radical (unpaired) electrons. The van der Waals surface area contributed by atoms with Crippen LogP contribution in [0, 0.1) is 0 Å². The van der Waals surface area contributed by atoms with Gasteiger partial charge >= 0.3 is 7.12 Å². The average molecular weight is 274 g/mol. The number of rotatable bonds is 4. The molecule has 0 bridgehead atoms. The van der Waals surface area contributed by atoms with Crippen LogP contribution in [0.4, 0.5) is 0 Å². The van der Waals surface area contributed by atoms with E-state index in [0.29, 0.717) is 5.56 Å². The molecule has 3 nitrogen and oxygen atoms in total. The number of aldehydes is 1. The predicted octanol–water partition coefficient (Wildman–Crippen LogP) is 2.75. The molecule has 4 heteroatoms. The highest BCUT2D eigenvalue weighted by Crippen LogP contribution is 2.36. The van der Waals surface area contributed by atoms with Crippen LogP contribution in [0.1, 0.15) is 57.0 Å². The summed E-state index contributed by atoms with van der Waals surface area (Å²) in [4.78, 5) is 11.1. The van der Waals surface area contributed by atoms with Crippen LogP contribution in [0.5, 0.6) is 0 Å². The van der Waals surface area contributed by atoms with Gasteiger partial charge in [0, 0.05) is 5.56 Å². The molecule has 0 spiro atoms. The van der Waals surface area contributed by atoms with Gasteiger partial charge in [0.05, 0.1) is 11.2 Å². The Kier molecular flexibility index (Phi) is 4.08. The molecule has 0 saturated carbocycles. The van der Waals surface area contributed by atoms with Crippen LogP contribution in [0.2, 0.25) is 0 Å². The quantitative estimate of drug-likeness (QED) is 0.625. The third kappa shape index (κ3) is 2.81. The predicted molar refractivity (Wildman–Crippen MR) is 81.5 cm³/mol. The van der Waals surface area contributed by atoms with Gasteiger partial charge in [-0.25, -0.2) is 0 Å². The minimum atomic E-state index is -0.407. The van der Waals surface area contributed by atoms with Crippen LogP contribution in [-0.4, -0.2) is 24.6 Å².